The first-order chi connectivity index (χ1) is 13.9. The van der Waals surface area contributed by atoms with Gasteiger partial charge < -0.3 is 10.6 Å². The molecule has 9 heteroatoms. The summed E-state index contributed by atoms with van der Waals surface area (Å²) in [6.45, 7) is 3.01. The minimum atomic E-state index is -0.981. The molecule has 2 aliphatic rings. The van der Waals surface area contributed by atoms with Crippen LogP contribution in [0, 0.1) is 0 Å². The normalized spacial score (nSPS) is 18.5. The third-order valence-electron chi connectivity index (χ3n) is 4.99. The van der Waals surface area contributed by atoms with Crippen molar-refractivity contribution < 1.29 is 24.0 Å². The van der Waals surface area contributed by atoms with Gasteiger partial charge in [-0.3, -0.25) is 34.2 Å². The van der Waals surface area contributed by atoms with Crippen molar-refractivity contribution >= 4 is 35.2 Å². The molecule has 0 bridgehead atoms. The lowest BCUT2D eigenvalue weighted by Gasteiger charge is -2.27. The largest absolute Gasteiger partial charge is 0.384 e. The van der Waals surface area contributed by atoms with E-state index in [1.54, 1.807) is 18.2 Å². The summed E-state index contributed by atoms with van der Waals surface area (Å²) in [6, 6.07) is 3.96. The van der Waals surface area contributed by atoms with Gasteiger partial charge in [-0.05, 0) is 38.3 Å². The van der Waals surface area contributed by atoms with Crippen LogP contribution < -0.4 is 16.0 Å². The van der Waals surface area contributed by atoms with Crippen molar-refractivity contribution in [1.29, 1.82) is 0 Å². The molecule has 3 N–H and O–H groups in total. The Balaban J connectivity index is 1.66. The van der Waals surface area contributed by atoms with Gasteiger partial charge >= 0.3 is 0 Å². The van der Waals surface area contributed by atoms with Gasteiger partial charge in [-0.2, -0.15) is 0 Å². The first-order valence-electron chi connectivity index (χ1n) is 9.79. The molecular formula is C20H24N4O5. The number of hydrogen-bond donors (Lipinski definition) is 3. The first-order valence-corrected chi connectivity index (χ1v) is 9.79. The van der Waals surface area contributed by atoms with Gasteiger partial charge in [-0.1, -0.05) is 6.07 Å². The SMILES string of the molecule is CCNC(=O)CCCCNc1cccc2c1C(=O)N(C1CCC(=O)NC1=O)C2=O. The predicted molar refractivity (Wildman–Crippen MR) is 104 cm³/mol. The van der Waals surface area contributed by atoms with E-state index in [1.807, 2.05) is 6.92 Å². The fourth-order valence-electron chi connectivity index (χ4n) is 3.58. The van der Waals surface area contributed by atoms with Crippen LogP contribution in [-0.2, 0) is 14.4 Å². The second kappa shape index (κ2) is 8.85. The molecule has 1 saturated heterocycles. The molecular weight excluding hydrogens is 376 g/mol. The lowest BCUT2D eigenvalue weighted by molar-refractivity contribution is -0.136. The maximum atomic E-state index is 13.0. The zero-order chi connectivity index (χ0) is 21.0. The predicted octanol–water partition coefficient (Wildman–Crippen LogP) is 0.806. The summed E-state index contributed by atoms with van der Waals surface area (Å²) in [5.41, 5.74) is 1.01. The molecule has 0 spiro atoms. The molecule has 2 aliphatic heterocycles. The van der Waals surface area contributed by atoms with Crippen LogP contribution in [0.15, 0.2) is 18.2 Å². The summed E-state index contributed by atoms with van der Waals surface area (Å²) in [7, 11) is 0. The lowest BCUT2D eigenvalue weighted by Crippen LogP contribution is -2.54. The molecule has 0 saturated carbocycles. The van der Waals surface area contributed by atoms with Crippen LogP contribution in [0.3, 0.4) is 0 Å². The third kappa shape index (κ3) is 4.28. The van der Waals surface area contributed by atoms with E-state index in [9.17, 15) is 24.0 Å². The maximum absolute atomic E-state index is 13.0. The Bertz CT molecular complexity index is 866. The van der Waals surface area contributed by atoms with Gasteiger partial charge in [-0.15, -0.1) is 0 Å². The van der Waals surface area contributed by atoms with Crippen molar-refractivity contribution in [2.45, 2.75) is 45.1 Å². The Kier molecular flexibility index (Phi) is 6.26. The molecule has 0 aromatic heterocycles. The smallest absolute Gasteiger partial charge is 0.264 e. The van der Waals surface area contributed by atoms with Crippen LogP contribution in [0.25, 0.3) is 0 Å². The van der Waals surface area contributed by atoms with E-state index in [2.05, 4.69) is 16.0 Å². The van der Waals surface area contributed by atoms with Gasteiger partial charge in [-0.25, -0.2) is 0 Å². The number of unbranched alkanes of at least 4 members (excludes halogenated alkanes) is 1. The fraction of sp³-hybridized carbons (Fsp3) is 0.450. The Morgan fingerprint density at radius 2 is 1.97 bits per heavy atom. The lowest BCUT2D eigenvalue weighted by atomic mass is 10.0. The van der Waals surface area contributed by atoms with Crippen LogP contribution in [0.4, 0.5) is 5.69 Å². The summed E-state index contributed by atoms with van der Waals surface area (Å²) in [6.07, 6.45) is 2.06. The number of benzene rings is 1. The summed E-state index contributed by atoms with van der Waals surface area (Å²) < 4.78 is 0. The van der Waals surface area contributed by atoms with E-state index in [4.69, 9.17) is 0 Å². The standard InChI is InChI=1S/C20H24N4O5/c1-2-21-15(25)8-3-4-11-22-13-7-5-6-12-17(13)20(29)24(19(12)28)14-9-10-16(26)23-18(14)27/h5-7,14,22H,2-4,8-11H2,1H3,(H,21,25)(H,23,26,27). The van der Waals surface area contributed by atoms with E-state index >= 15 is 0 Å². The molecule has 1 aromatic carbocycles. The van der Waals surface area contributed by atoms with Gasteiger partial charge in [0.25, 0.3) is 11.8 Å². The van der Waals surface area contributed by atoms with Crippen molar-refractivity contribution in [3.8, 4) is 0 Å². The first kappa shape index (κ1) is 20.5. The maximum Gasteiger partial charge on any atom is 0.264 e. The monoisotopic (exact) mass is 400 g/mol. The van der Waals surface area contributed by atoms with Crippen molar-refractivity contribution in [2.75, 3.05) is 18.4 Å². The van der Waals surface area contributed by atoms with E-state index in [0.29, 0.717) is 31.6 Å². The highest BCUT2D eigenvalue weighted by atomic mass is 16.2. The molecule has 3 rings (SSSR count). The van der Waals surface area contributed by atoms with Crippen LogP contribution >= 0.6 is 0 Å². The summed E-state index contributed by atoms with van der Waals surface area (Å²) >= 11 is 0. The number of carbonyl (C=O) groups is 5. The minimum Gasteiger partial charge on any atom is -0.384 e. The molecule has 1 atom stereocenters. The molecule has 1 fully saturated rings. The highest BCUT2D eigenvalue weighted by Gasteiger charge is 2.45. The molecule has 154 valence electrons. The summed E-state index contributed by atoms with van der Waals surface area (Å²) in [5, 5.41) is 8.08. The molecule has 29 heavy (non-hydrogen) atoms. The highest BCUT2D eigenvalue weighted by Crippen LogP contribution is 2.32. The van der Waals surface area contributed by atoms with Gasteiger partial charge in [0.05, 0.1) is 11.1 Å². The summed E-state index contributed by atoms with van der Waals surface area (Å²) in [4.78, 5) is 61.6. The molecule has 1 aromatic rings. The molecule has 5 amide bonds. The quantitative estimate of drug-likeness (QED) is 0.438. The number of carbonyl (C=O) groups excluding carboxylic acids is 5. The number of fused-ring (bicyclic) bond motifs is 1. The molecule has 0 aliphatic carbocycles. The second-order valence-corrected chi connectivity index (χ2v) is 7.01. The number of imide groups is 2. The van der Waals surface area contributed by atoms with Crippen LogP contribution in [0.1, 0.15) is 59.7 Å². The zero-order valence-corrected chi connectivity index (χ0v) is 16.2. The van der Waals surface area contributed by atoms with E-state index < -0.39 is 29.7 Å². The van der Waals surface area contributed by atoms with Crippen molar-refractivity contribution in [1.82, 2.24) is 15.5 Å². The van der Waals surface area contributed by atoms with Gasteiger partial charge in [0.15, 0.2) is 0 Å². The Morgan fingerprint density at radius 1 is 1.17 bits per heavy atom. The van der Waals surface area contributed by atoms with Gasteiger partial charge in [0.1, 0.15) is 6.04 Å². The molecule has 0 radical (unpaired) electrons. The number of anilines is 1. The van der Waals surface area contributed by atoms with Crippen molar-refractivity contribution in [3.63, 3.8) is 0 Å². The fourth-order valence-corrected chi connectivity index (χ4v) is 3.58. The number of piperidine rings is 1. The molecule has 1 unspecified atom stereocenters. The summed E-state index contributed by atoms with van der Waals surface area (Å²) in [5.74, 6) is -2.09. The van der Waals surface area contributed by atoms with E-state index in [-0.39, 0.29) is 29.9 Å². The van der Waals surface area contributed by atoms with Crippen molar-refractivity contribution in [2.24, 2.45) is 0 Å². The van der Waals surface area contributed by atoms with Gasteiger partial charge in [0, 0.05) is 31.6 Å². The Morgan fingerprint density at radius 3 is 2.69 bits per heavy atom. The molecule has 2 heterocycles. The van der Waals surface area contributed by atoms with E-state index in [1.165, 1.54) is 0 Å². The average molecular weight is 400 g/mol. The van der Waals surface area contributed by atoms with Crippen LogP contribution in [0.2, 0.25) is 0 Å². The van der Waals surface area contributed by atoms with Crippen LogP contribution in [0.5, 0.6) is 0 Å². The zero-order valence-electron chi connectivity index (χ0n) is 16.2. The number of rotatable bonds is 8. The Hall–Kier alpha value is -3.23. The average Bonchev–Trinajstić information content (AvgIpc) is 2.93. The van der Waals surface area contributed by atoms with Gasteiger partial charge in [0.2, 0.25) is 17.7 Å². The van der Waals surface area contributed by atoms with Crippen molar-refractivity contribution in [3.05, 3.63) is 29.3 Å². The number of nitrogens with zero attached hydrogens (tertiary/aromatic N) is 1. The third-order valence-corrected chi connectivity index (χ3v) is 4.99. The van der Waals surface area contributed by atoms with E-state index in [0.717, 1.165) is 11.3 Å². The highest BCUT2D eigenvalue weighted by molar-refractivity contribution is 6.25. The number of amides is 5. The second-order valence-electron chi connectivity index (χ2n) is 7.01. The van der Waals surface area contributed by atoms with Crippen LogP contribution in [-0.4, -0.2) is 53.6 Å². The Labute approximate surface area is 168 Å². The minimum absolute atomic E-state index is 0.00811. The number of nitrogens with one attached hydrogen (secondary N) is 3. The molecule has 9 nitrogen and oxygen atoms in total. The number of hydrogen-bond acceptors (Lipinski definition) is 6. The topological polar surface area (TPSA) is 125 Å².